The van der Waals surface area contributed by atoms with Crippen molar-refractivity contribution in [2.24, 2.45) is 5.73 Å². The molecular weight excluding hydrogens is 397 g/mol. The normalized spacial score (nSPS) is 16.2. The summed E-state index contributed by atoms with van der Waals surface area (Å²) in [6.45, 7) is 5.77. The molecule has 0 radical (unpaired) electrons. The lowest BCUT2D eigenvalue weighted by Crippen LogP contribution is -2.45. The van der Waals surface area contributed by atoms with Crippen molar-refractivity contribution >= 4 is 30.7 Å². The number of hydrogen-bond acceptors (Lipinski definition) is 4. The van der Waals surface area contributed by atoms with Crippen molar-refractivity contribution in [2.75, 3.05) is 32.8 Å². The van der Waals surface area contributed by atoms with E-state index < -0.39 is 6.04 Å². The van der Waals surface area contributed by atoms with Crippen LogP contribution >= 0.6 is 24.8 Å². The fourth-order valence-corrected chi connectivity index (χ4v) is 3.25. The monoisotopic (exact) mass is 425 g/mol. The van der Waals surface area contributed by atoms with Crippen LogP contribution in [0.5, 0.6) is 0 Å². The average Bonchev–Trinajstić information content (AvgIpc) is 2.70. The van der Waals surface area contributed by atoms with Gasteiger partial charge in [0.1, 0.15) is 6.04 Å². The van der Waals surface area contributed by atoms with Gasteiger partial charge in [-0.2, -0.15) is 0 Å². The van der Waals surface area contributed by atoms with Crippen LogP contribution in [0, 0.1) is 6.92 Å². The number of carbonyl (C=O) groups is 1. The standard InChI is InChI=1S/C21H27N3O2.2ClH/c1-16-7-9-17(10-8-16)19(24-11-13-26-14-12-24)15-23-21(25)20(22)18-5-3-2-4-6-18;;/h2-10,19-20H,11-15,22H2,1H3,(H,23,25);2*1H. The molecule has 0 aliphatic carbocycles. The molecule has 2 aromatic carbocycles. The molecule has 1 heterocycles. The molecule has 3 N–H and O–H groups in total. The number of morpholine rings is 1. The molecule has 2 atom stereocenters. The van der Waals surface area contributed by atoms with Gasteiger partial charge in [0.2, 0.25) is 5.91 Å². The second kappa shape index (κ2) is 12.0. The lowest BCUT2D eigenvalue weighted by atomic mass is 10.0. The predicted octanol–water partition coefficient (Wildman–Crippen LogP) is 3.03. The van der Waals surface area contributed by atoms with E-state index in [0.29, 0.717) is 6.54 Å². The highest BCUT2D eigenvalue weighted by atomic mass is 35.5. The summed E-state index contributed by atoms with van der Waals surface area (Å²) in [6, 6.07) is 17.4. The summed E-state index contributed by atoms with van der Waals surface area (Å²) in [7, 11) is 0. The summed E-state index contributed by atoms with van der Waals surface area (Å²) in [4.78, 5) is 14.9. The fourth-order valence-electron chi connectivity index (χ4n) is 3.25. The van der Waals surface area contributed by atoms with Crippen molar-refractivity contribution in [3.63, 3.8) is 0 Å². The quantitative estimate of drug-likeness (QED) is 0.745. The Morgan fingerprint density at radius 3 is 2.25 bits per heavy atom. The Labute approximate surface area is 179 Å². The molecule has 0 spiro atoms. The molecular formula is C21H29Cl2N3O2. The van der Waals surface area contributed by atoms with E-state index in [0.717, 1.165) is 31.9 Å². The minimum Gasteiger partial charge on any atom is -0.379 e. The van der Waals surface area contributed by atoms with Crippen LogP contribution < -0.4 is 11.1 Å². The van der Waals surface area contributed by atoms with Crippen LogP contribution in [0.25, 0.3) is 0 Å². The van der Waals surface area contributed by atoms with Gasteiger partial charge < -0.3 is 15.8 Å². The van der Waals surface area contributed by atoms with E-state index in [-0.39, 0.29) is 36.8 Å². The first-order valence-electron chi connectivity index (χ1n) is 9.12. The van der Waals surface area contributed by atoms with Gasteiger partial charge in [-0.05, 0) is 18.1 Å². The number of nitrogens with one attached hydrogen (secondary N) is 1. The number of ether oxygens (including phenoxy) is 1. The van der Waals surface area contributed by atoms with Crippen molar-refractivity contribution < 1.29 is 9.53 Å². The number of halogens is 2. The number of aryl methyl sites for hydroxylation is 1. The maximum atomic E-state index is 12.5. The molecule has 1 saturated heterocycles. The summed E-state index contributed by atoms with van der Waals surface area (Å²) < 4.78 is 5.48. The second-order valence-electron chi connectivity index (χ2n) is 6.71. The Morgan fingerprint density at radius 2 is 1.64 bits per heavy atom. The molecule has 7 heteroatoms. The van der Waals surface area contributed by atoms with E-state index in [9.17, 15) is 4.79 Å². The summed E-state index contributed by atoms with van der Waals surface area (Å²) in [5.74, 6) is -0.151. The Bertz CT molecular complexity index is 707. The second-order valence-corrected chi connectivity index (χ2v) is 6.71. The summed E-state index contributed by atoms with van der Waals surface area (Å²) in [5.41, 5.74) is 9.37. The van der Waals surface area contributed by atoms with E-state index in [1.165, 1.54) is 11.1 Å². The molecule has 3 rings (SSSR count). The lowest BCUT2D eigenvalue weighted by molar-refractivity contribution is -0.122. The molecule has 1 aliphatic rings. The van der Waals surface area contributed by atoms with Gasteiger partial charge in [-0.25, -0.2) is 0 Å². The van der Waals surface area contributed by atoms with Crippen molar-refractivity contribution in [1.82, 2.24) is 10.2 Å². The van der Waals surface area contributed by atoms with Gasteiger partial charge in [-0.15, -0.1) is 24.8 Å². The van der Waals surface area contributed by atoms with Gasteiger partial charge in [0.15, 0.2) is 0 Å². The predicted molar refractivity (Wildman–Crippen MR) is 117 cm³/mol. The van der Waals surface area contributed by atoms with E-state index >= 15 is 0 Å². The fraction of sp³-hybridized carbons (Fsp3) is 0.381. The summed E-state index contributed by atoms with van der Waals surface area (Å²) in [6.07, 6.45) is 0. The first-order valence-corrected chi connectivity index (χ1v) is 9.12. The number of rotatable bonds is 6. The topological polar surface area (TPSA) is 67.6 Å². The molecule has 28 heavy (non-hydrogen) atoms. The highest BCUT2D eigenvalue weighted by molar-refractivity contribution is 5.85. The van der Waals surface area contributed by atoms with E-state index in [4.69, 9.17) is 10.5 Å². The minimum absolute atomic E-state index is 0. The molecule has 2 aromatic rings. The molecule has 0 saturated carbocycles. The number of benzene rings is 2. The van der Waals surface area contributed by atoms with Gasteiger partial charge in [0.25, 0.3) is 0 Å². The molecule has 1 amide bonds. The van der Waals surface area contributed by atoms with Gasteiger partial charge in [0, 0.05) is 19.6 Å². The Hall–Kier alpha value is -1.63. The lowest BCUT2D eigenvalue weighted by Gasteiger charge is -2.35. The maximum Gasteiger partial charge on any atom is 0.241 e. The largest absolute Gasteiger partial charge is 0.379 e. The number of hydrogen-bond donors (Lipinski definition) is 2. The van der Waals surface area contributed by atoms with Crippen molar-refractivity contribution in [3.8, 4) is 0 Å². The highest BCUT2D eigenvalue weighted by Gasteiger charge is 2.24. The Morgan fingerprint density at radius 1 is 1.04 bits per heavy atom. The molecule has 0 bridgehead atoms. The average molecular weight is 426 g/mol. The van der Waals surface area contributed by atoms with Gasteiger partial charge in [-0.3, -0.25) is 9.69 Å². The highest BCUT2D eigenvalue weighted by Crippen LogP contribution is 2.22. The smallest absolute Gasteiger partial charge is 0.241 e. The zero-order valence-electron chi connectivity index (χ0n) is 16.0. The molecule has 154 valence electrons. The van der Waals surface area contributed by atoms with Crippen LogP contribution in [0.3, 0.4) is 0 Å². The van der Waals surface area contributed by atoms with Crippen molar-refractivity contribution in [1.29, 1.82) is 0 Å². The van der Waals surface area contributed by atoms with Crippen LogP contribution in [0.2, 0.25) is 0 Å². The molecule has 5 nitrogen and oxygen atoms in total. The van der Waals surface area contributed by atoms with Crippen molar-refractivity contribution in [2.45, 2.75) is 19.0 Å². The third-order valence-corrected chi connectivity index (χ3v) is 4.86. The van der Waals surface area contributed by atoms with E-state index in [1.54, 1.807) is 0 Å². The van der Waals surface area contributed by atoms with Crippen LogP contribution in [-0.2, 0) is 9.53 Å². The van der Waals surface area contributed by atoms with Crippen LogP contribution in [0.4, 0.5) is 0 Å². The first-order chi connectivity index (χ1) is 12.6. The van der Waals surface area contributed by atoms with Crippen LogP contribution in [0.1, 0.15) is 28.8 Å². The zero-order chi connectivity index (χ0) is 18.4. The zero-order valence-corrected chi connectivity index (χ0v) is 17.7. The van der Waals surface area contributed by atoms with E-state index in [2.05, 4.69) is 41.4 Å². The maximum absolute atomic E-state index is 12.5. The number of amides is 1. The van der Waals surface area contributed by atoms with Crippen LogP contribution in [-0.4, -0.2) is 43.7 Å². The first kappa shape index (κ1) is 24.4. The number of nitrogens with zero attached hydrogens (tertiary/aromatic N) is 1. The Balaban J connectivity index is 0.00000196. The number of nitrogens with two attached hydrogens (primary N) is 1. The molecule has 1 fully saturated rings. The summed E-state index contributed by atoms with van der Waals surface area (Å²) >= 11 is 0. The summed E-state index contributed by atoms with van der Waals surface area (Å²) in [5, 5.41) is 3.04. The third-order valence-electron chi connectivity index (χ3n) is 4.86. The Kier molecular flexibility index (Phi) is 10.5. The minimum atomic E-state index is -0.653. The van der Waals surface area contributed by atoms with E-state index in [1.807, 2.05) is 30.3 Å². The third kappa shape index (κ3) is 6.47. The van der Waals surface area contributed by atoms with Crippen molar-refractivity contribution in [3.05, 3.63) is 71.3 Å². The SMILES string of the molecule is Cc1ccc(C(CNC(=O)C(N)c2ccccc2)N2CCOCC2)cc1.Cl.Cl. The van der Waals surface area contributed by atoms with Gasteiger partial charge in [0.05, 0.1) is 19.3 Å². The number of carbonyl (C=O) groups excluding carboxylic acids is 1. The van der Waals surface area contributed by atoms with Crippen LogP contribution in [0.15, 0.2) is 54.6 Å². The molecule has 0 aromatic heterocycles. The molecule has 1 aliphatic heterocycles. The van der Waals surface area contributed by atoms with Gasteiger partial charge in [-0.1, -0.05) is 60.2 Å². The van der Waals surface area contributed by atoms with Gasteiger partial charge >= 0.3 is 0 Å². The molecule has 2 unspecified atom stereocenters.